The van der Waals surface area contributed by atoms with Gasteiger partial charge in [-0.1, -0.05) is 18.2 Å². The van der Waals surface area contributed by atoms with Gasteiger partial charge in [0.05, 0.1) is 0 Å². The van der Waals surface area contributed by atoms with Crippen molar-refractivity contribution in [2.45, 2.75) is 45.1 Å². The van der Waals surface area contributed by atoms with Gasteiger partial charge in [0.25, 0.3) is 0 Å². The molecule has 2 atom stereocenters. The molecule has 0 aliphatic carbocycles. The number of amides is 1. The lowest BCUT2D eigenvalue weighted by molar-refractivity contribution is -0.274. The lowest BCUT2D eigenvalue weighted by Crippen LogP contribution is -2.55. The zero-order chi connectivity index (χ0) is 17.0. The van der Waals surface area contributed by atoms with E-state index in [2.05, 4.69) is 10.1 Å². The first kappa shape index (κ1) is 20.6. The third-order valence-electron chi connectivity index (χ3n) is 3.72. The van der Waals surface area contributed by atoms with Crippen molar-refractivity contribution in [3.8, 4) is 5.75 Å². The number of para-hydroxylation sites is 1. The zero-order valence-electron chi connectivity index (χ0n) is 13.6. The largest absolute Gasteiger partial charge is 0.573 e. The Bertz CT molecular complexity index is 544. The van der Waals surface area contributed by atoms with Gasteiger partial charge in [0.1, 0.15) is 5.75 Å². The molecular weight excluding hydrogens is 345 g/mol. The maximum Gasteiger partial charge on any atom is 0.573 e. The van der Waals surface area contributed by atoms with E-state index in [1.807, 2.05) is 13.8 Å². The van der Waals surface area contributed by atoms with E-state index in [4.69, 9.17) is 0 Å². The zero-order valence-corrected chi connectivity index (χ0v) is 14.4. The first-order chi connectivity index (χ1) is 10.7. The van der Waals surface area contributed by atoms with Gasteiger partial charge in [-0.3, -0.25) is 4.79 Å². The molecule has 2 rings (SSSR count). The number of benzene rings is 1. The van der Waals surface area contributed by atoms with E-state index >= 15 is 0 Å². The summed E-state index contributed by atoms with van der Waals surface area (Å²) in [4.78, 5) is 14.1. The smallest absolute Gasteiger partial charge is 0.406 e. The summed E-state index contributed by atoms with van der Waals surface area (Å²) in [6.45, 7) is 5.23. The van der Waals surface area contributed by atoms with Crippen LogP contribution >= 0.6 is 12.4 Å². The molecule has 2 unspecified atom stereocenters. The average Bonchev–Trinajstić information content (AvgIpc) is 2.43. The number of nitrogens with one attached hydrogen (secondary N) is 1. The van der Waals surface area contributed by atoms with Gasteiger partial charge < -0.3 is 15.0 Å². The van der Waals surface area contributed by atoms with Crippen molar-refractivity contribution in [1.29, 1.82) is 0 Å². The molecule has 0 aromatic heterocycles. The number of rotatable bonds is 4. The van der Waals surface area contributed by atoms with Crippen molar-refractivity contribution in [1.82, 2.24) is 10.2 Å². The molecule has 1 aliphatic heterocycles. The Morgan fingerprint density at radius 2 is 1.83 bits per heavy atom. The third kappa shape index (κ3) is 6.20. The van der Waals surface area contributed by atoms with Crippen LogP contribution in [0.3, 0.4) is 0 Å². The summed E-state index contributed by atoms with van der Waals surface area (Å²) < 4.78 is 41.2. The van der Waals surface area contributed by atoms with E-state index in [9.17, 15) is 18.0 Å². The first-order valence-corrected chi connectivity index (χ1v) is 7.62. The topological polar surface area (TPSA) is 41.6 Å². The molecule has 1 amide bonds. The fourth-order valence-electron chi connectivity index (χ4n) is 2.86. The molecule has 24 heavy (non-hydrogen) atoms. The monoisotopic (exact) mass is 366 g/mol. The minimum absolute atomic E-state index is 0. The normalized spacial score (nSPS) is 21.1. The van der Waals surface area contributed by atoms with Crippen molar-refractivity contribution in [2.24, 2.45) is 0 Å². The Morgan fingerprint density at radius 1 is 1.25 bits per heavy atom. The van der Waals surface area contributed by atoms with Crippen LogP contribution < -0.4 is 10.1 Å². The average molecular weight is 367 g/mol. The van der Waals surface area contributed by atoms with Gasteiger partial charge in [-0.15, -0.1) is 25.6 Å². The molecule has 1 N–H and O–H groups in total. The molecule has 1 saturated heterocycles. The van der Waals surface area contributed by atoms with E-state index in [1.165, 1.54) is 12.1 Å². The molecule has 0 radical (unpaired) electrons. The van der Waals surface area contributed by atoms with Crippen LogP contribution in [-0.4, -0.2) is 42.3 Å². The molecular formula is C16H22ClF3N2O2. The van der Waals surface area contributed by atoms with Crippen LogP contribution in [0.4, 0.5) is 13.2 Å². The van der Waals surface area contributed by atoms with Gasteiger partial charge in [-0.25, -0.2) is 0 Å². The molecule has 8 heteroatoms. The Morgan fingerprint density at radius 3 is 2.42 bits per heavy atom. The molecule has 0 saturated carbocycles. The van der Waals surface area contributed by atoms with Crippen molar-refractivity contribution in [3.05, 3.63) is 29.8 Å². The minimum Gasteiger partial charge on any atom is -0.406 e. The molecule has 1 aromatic rings. The number of ether oxygens (including phenoxy) is 1. The predicted molar refractivity (Wildman–Crippen MR) is 87.3 cm³/mol. The van der Waals surface area contributed by atoms with Crippen molar-refractivity contribution >= 4 is 18.3 Å². The van der Waals surface area contributed by atoms with Crippen LogP contribution in [0.2, 0.25) is 0 Å². The van der Waals surface area contributed by atoms with E-state index in [1.54, 1.807) is 17.0 Å². The lowest BCUT2D eigenvalue weighted by atomic mass is 10.1. The molecule has 0 spiro atoms. The molecule has 136 valence electrons. The SMILES string of the molecule is CC1CN(C(=O)CCc2ccccc2OC(F)(F)F)CC(C)N1.Cl. The van der Waals surface area contributed by atoms with Crippen molar-refractivity contribution < 1.29 is 22.7 Å². The summed E-state index contributed by atoms with van der Waals surface area (Å²) in [5.74, 6) is -0.290. The summed E-state index contributed by atoms with van der Waals surface area (Å²) in [6, 6.07) is 6.36. The van der Waals surface area contributed by atoms with Gasteiger partial charge in [0.2, 0.25) is 5.91 Å². The number of piperazine rings is 1. The predicted octanol–water partition coefficient (Wildman–Crippen LogP) is 3.15. The summed E-state index contributed by atoms with van der Waals surface area (Å²) in [6.07, 6.45) is -4.35. The molecule has 1 aliphatic rings. The Labute approximate surface area is 145 Å². The van der Waals surface area contributed by atoms with Crippen LogP contribution in [0.15, 0.2) is 24.3 Å². The second-order valence-electron chi connectivity index (χ2n) is 5.92. The number of hydrogen-bond donors (Lipinski definition) is 1. The van der Waals surface area contributed by atoms with E-state index in [-0.39, 0.29) is 49.0 Å². The summed E-state index contributed by atoms with van der Waals surface area (Å²) >= 11 is 0. The number of nitrogens with zero attached hydrogens (tertiary/aromatic N) is 1. The van der Waals surface area contributed by atoms with Crippen LogP contribution in [0.25, 0.3) is 0 Å². The third-order valence-corrected chi connectivity index (χ3v) is 3.72. The number of hydrogen-bond acceptors (Lipinski definition) is 3. The molecule has 1 heterocycles. The van der Waals surface area contributed by atoms with Crippen LogP contribution in [0, 0.1) is 0 Å². The van der Waals surface area contributed by atoms with Crippen molar-refractivity contribution in [2.75, 3.05) is 13.1 Å². The minimum atomic E-state index is -4.73. The van der Waals surface area contributed by atoms with Gasteiger partial charge in [0.15, 0.2) is 0 Å². The Hall–Kier alpha value is -1.47. The number of alkyl halides is 3. The maximum atomic E-state index is 12.4. The van der Waals surface area contributed by atoms with Gasteiger partial charge in [0, 0.05) is 31.6 Å². The first-order valence-electron chi connectivity index (χ1n) is 7.62. The number of carbonyl (C=O) groups is 1. The molecule has 1 fully saturated rings. The highest BCUT2D eigenvalue weighted by Crippen LogP contribution is 2.27. The van der Waals surface area contributed by atoms with Gasteiger partial charge in [-0.05, 0) is 31.9 Å². The quantitative estimate of drug-likeness (QED) is 0.890. The highest BCUT2D eigenvalue weighted by Gasteiger charge is 2.32. The van der Waals surface area contributed by atoms with Crippen LogP contribution in [0.1, 0.15) is 25.8 Å². The summed E-state index contributed by atoms with van der Waals surface area (Å²) in [7, 11) is 0. The van der Waals surface area contributed by atoms with Crippen molar-refractivity contribution in [3.63, 3.8) is 0 Å². The maximum absolute atomic E-state index is 12.4. The molecule has 1 aromatic carbocycles. The fraction of sp³-hybridized carbons (Fsp3) is 0.562. The fourth-order valence-corrected chi connectivity index (χ4v) is 2.86. The van der Waals surface area contributed by atoms with E-state index in [0.29, 0.717) is 18.7 Å². The number of halogens is 4. The highest BCUT2D eigenvalue weighted by molar-refractivity contribution is 5.85. The number of carbonyl (C=O) groups excluding carboxylic acids is 1. The van der Waals surface area contributed by atoms with E-state index in [0.717, 1.165) is 0 Å². The second-order valence-corrected chi connectivity index (χ2v) is 5.92. The van der Waals surface area contributed by atoms with Crippen LogP contribution in [-0.2, 0) is 11.2 Å². The van der Waals surface area contributed by atoms with Crippen LogP contribution in [0.5, 0.6) is 5.75 Å². The highest BCUT2D eigenvalue weighted by atomic mass is 35.5. The van der Waals surface area contributed by atoms with Gasteiger partial charge >= 0.3 is 6.36 Å². The standard InChI is InChI=1S/C16H21F3N2O2.ClH/c1-11-9-21(10-12(2)20-11)15(22)8-7-13-5-3-4-6-14(13)23-16(17,18)19;/h3-6,11-12,20H,7-10H2,1-2H3;1H. The summed E-state index contributed by atoms with van der Waals surface area (Å²) in [5, 5.41) is 3.33. The van der Waals surface area contributed by atoms with E-state index < -0.39 is 6.36 Å². The van der Waals surface area contributed by atoms with Gasteiger partial charge in [-0.2, -0.15) is 0 Å². The molecule has 0 bridgehead atoms. The Kier molecular flexibility index (Phi) is 7.35. The summed E-state index contributed by atoms with van der Waals surface area (Å²) in [5.41, 5.74) is 0.384. The Balaban J connectivity index is 0.00000288. The lowest BCUT2D eigenvalue weighted by Gasteiger charge is -2.36. The molecule has 4 nitrogen and oxygen atoms in total. The number of aryl methyl sites for hydroxylation is 1. The second kappa shape index (κ2) is 8.58.